The van der Waals surface area contributed by atoms with E-state index in [-0.39, 0.29) is 22.5 Å². The molecule has 0 aromatic heterocycles. The van der Waals surface area contributed by atoms with Crippen LogP contribution < -0.4 is 0 Å². The molecule has 0 saturated heterocycles. The van der Waals surface area contributed by atoms with Crippen molar-refractivity contribution in [2.75, 3.05) is 0 Å². The lowest BCUT2D eigenvalue weighted by Gasteiger charge is -2.75. The molecule has 0 spiro atoms. The zero-order chi connectivity index (χ0) is 27.1. The molecule has 1 aliphatic carbocycles. The second kappa shape index (κ2) is 11.0. The summed E-state index contributed by atoms with van der Waals surface area (Å²) in [5.41, 5.74) is 3.16. The van der Waals surface area contributed by atoms with Gasteiger partial charge in [-0.1, -0.05) is 116 Å². The molecule has 0 heterocycles. The van der Waals surface area contributed by atoms with Gasteiger partial charge in [-0.25, -0.2) is 0 Å². The van der Waals surface area contributed by atoms with Crippen LogP contribution in [0.15, 0.2) is 11.1 Å². The summed E-state index contributed by atoms with van der Waals surface area (Å²) in [7, 11) is 0. The van der Waals surface area contributed by atoms with Gasteiger partial charge in [-0.2, -0.15) is 0 Å². The number of hydrogen-bond acceptors (Lipinski definition) is 1. The van der Waals surface area contributed by atoms with E-state index in [0.717, 1.165) is 0 Å². The van der Waals surface area contributed by atoms with Crippen molar-refractivity contribution in [3.8, 4) is 0 Å². The molecular formula is C33H64O. The molecule has 2 atom stereocenters. The Balaban J connectivity index is 4.84. The quantitative estimate of drug-likeness (QED) is 0.285. The maximum atomic E-state index is 7.56. The maximum Gasteiger partial charge on any atom is 0.0989 e. The van der Waals surface area contributed by atoms with Gasteiger partial charge in [0.1, 0.15) is 0 Å². The van der Waals surface area contributed by atoms with Gasteiger partial charge in [-0.05, 0) is 78.1 Å². The predicted octanol–water partition coefficient (Wildman–Crippen LogP) is 10.3. The minimum absolute atomic E-state index is 0.00625. The van der Waals surface area contributed by atoms with E-state index in [1.807, 2.05) is 0 Å². The molecule has 34 heavy (non-hydrogen) atoms. The first kappa shape index (κ1) is 31.7. The highest BCUT2D eigenvalue weighted by Gasteiger charge is 2.75. The van der Waals surface area contributed by atoms with E-state index in [2.05, 4.69) is 125 Å². The average molecular weight is 477 g/mol. The van der Waals surface area contributed by atoms with Gasteiger partial charge in [0.15, 0.2) is 0 Å². The Morgan fingerprint density at radius 3 is 1.15 bits per heavy atom. The van der Waals surface area contributed by atoms with Crippen LogP contribution in [0.4, 0.5) is 0 Å². The van der Waals surface area contributed by atoms with Crippen LogP contribution in [0.5, 0.6) is 0 Å². The van der Waals surface area contributed by atoms with Crippen molar-refractivity contribution in [3.63, 3.8) is 0 Å². The topological polar surface area (TPSA) is 9.23 Å². The number of ether oxygens (including phenoxy) is 1. The van der Waals surface area contributed by atoms with E-state index >= 15 is 0 Å². The molecule has 0 aromatic rings. The molecule has 0 saturated carbocycles. The standard InChI is InChI=1S/C33H64O/c1-19(2)28-29(20(3)4)31(22(7)8,23(9)10)32(24(11)12,25(13)14)33(26(15)16,34-27(17)18)30(28)21(5)6/h19-27,29H,1-18H3. The highest BCUT2D eigenvalue weighted by molar-refractivity contribution is 5.43. The lowest BCUT2D eigenvalue weighted by molar-refractivity contribution is -0.295. The minimum atomic E-state index is -0.308. The first-order chi connectivity index (χ1) is 15.3. The Labute approximate surface area is 216 Å². The molecule has 1 heteroatoms. The summed E-state index contributed by atoms with van der Waals surface area (Å²) in [6, 6.07) is 0. The number of hydrogen-bond donors (Lipinski definition) is 0. The smallest absolute Gasteiger partial charge is 0.0989 e. The molecule has 1 aliphatic rings. The Kier molecular flexibility index (Phi) is 10.2. The van der Waals surface area contributed by atoms with Crippen molar-refractivity contribution in [2.45, 2.75) is 136 Å². The number of rotatable bonds is 10. The fourth-order valence-electron chi connectivity index (χ4n) is 10.1. The lowest BCUT2D eigenvalue weighted by atomic mass is 9.30. The first-order valence-electron chi connectivity index (χ1n) is 14.8. The van der Waals surface area contributed by atoms with Crippen molar-refractivity contribution in [2.24, 2.45) is 64.1 Å². The van der Waals surface area contributed by atoms with Crippen molar-refractivity contribution in [3.05, 3.63) is 11.1 Å². The van der Waals surface area contributed by atoms with E-state index in [0.29, 0.717) is 53.3 Å². The van der Waals surface area contributed by atoms with Crippen LogP contribution in [0.2, 0.25) is 0 Å². The van der Waals surface area contributed by atoms with Gasteiger partial charge in [0.25, 0.3) is 0 Å². The normalized spacial score (nSPS) is 25.7. The molecular weight excluding hydrogens is 412 g/mol. The molecule has 1 rings (SSSR count). The van der Waals surface area contributed by atoms with E-state index in [9.17, 15) is 0 Å². The first-order valence-corrected chi connectivity index (χ1v) is 14.8. The summed E-state index contributed by atoms with van der Waals surface area (Å²) in [5, 5.41) is 0. The van der Waals surface area contributed by atoms with E-state index in [1.165, 1.54) is 0 Å². The van der Waals surface area contributed by atoms with Gasteiger partial charge in [-0.15, -0.1) is 0 Å². The Morgan fingerprint density at radius 2 is 0.941 bits per heavy atom. The largest absolute Gasteiger partial charge is 0.367 e. The van der Waals surface area contributed by atoms with Crippen LogP contribution in [-0.2, 0) is 4.74 Å². The molecule has 0 aromatic carbocycles. The summed E-state index contributed by atoms with van der Waals surface area (Å²) >= 11 is 0. The Hall–Kier alpha value is -0.300. The molecule has 0 bridgehead atoms. The molecule has 0 N–H and O–H groups in total. The second-order valence-corrected chi connectivity index (χ2v) is 14.4. The van der Waals surface area contributed by atoms with Gasteiger partial charge in [-0.3, -0.25) is 0 Å². The minimum Gasteiger partial charge on any atom is -0.367 e. The third-order valence-electron chi connectivity index (χ3n) is 9.72. The van der Waals surface area contributed by atoms with E-state index < -0.39 is 0 Å². The lowest BCUT2D eigenvalue weighted by Crippen LogP contribution is -2.75. The van der Waals surface area contributed by atoms with Gasteiger partial charge in [0.2, 0.25) is 0 Å². The molecule has 0 amide bonds. The monoisotopic (exact) mass is 476 g/mol. The summed E-state index contributed by atoms with van der Waals surface area (Å²) in [6.45, 7) is 44.5. The third kappa shape index (κ3) is 4.16. The van der Waals surface area contributed by atoms with Gasteiger partial charge >= 0.3 is 0 Å². The predicted molar refractivity (Wildman–Crippen MR) is 153 cm³/mol. The summed E-state index contributed by atoms with van der Waals surface area (Å²) < 4.78 is 7.56. The van der Waals surface area contributed by atoms with Crippen molar-refractivity contribution in [1.29, 1.82) is 0 Å². The fraction of sp³-hybridized carbons (Fsp3) is 0.939. The van der Waals surface area contributed by atoms with Crippen LogP contribution in [-0.4, -0.2) is 11.7 Å². The second-order valence-electron chi connectivity index (χ2n) is 14.4. The van der Waals surface area contributed by atoms with Gasteiger partial charge in [0, 0.05) is 5.41 Å². The zero-order valence-corrected chi connectivity index (χ0v) is 26.7. The van der Waals surface area contributed by atoms with Crippen molar-refractivity contribution < 1.29 is 4.74 Å². The maximum absolute atomic E-state index is 7.56. The molecule has 2 unspecified atom stereocenters. The van der Waals surface area contributed by atoms with E-state index in [4.69, 9.17) is 4.74 Å². The van der Waals surface area contributed by atoms with Crippen LogP contribution in [0, 0.1) is 64.1 Å². The summed E-state index contributed by atoms with van der Waals surface area (Å²) in [5.74, 6) is 4.53. The highest BCUT2D eigenvalue weighted by Crippen LogP contribution is 2.76. The van der Waals surface area contributed by atoms with Crippen LogP contribution in [0.25, 0.3) is 0 Å². The SMILES string of the molecule is CC(C)OC1(C(C)C)C(C(C)C)=C(C(C)C)C(C(C)C)C(C(C)C)(C(C)C)C1(C(C)C)C(C)C. The fourth-order valence-corrected chi connectivity index (χ4v) is 10.1. The summed E-state index contributed by atoms with van der Waals surface area (Å²) in [6.07, 6.45) is 0.175. The summed E-state index contributed by atoms with van der Waals surface area (Å²) in [4.78, 5) is 0. The third-order valence-corrected chi connectivity index (χ3v) is 9.72. The van der Waals surface area contributed by atoms with Crippen LogP contribution in [0.1, 0.15) is 125 Å². The Bertz CT molecular complexity index is 669. The molecule has 0 aliphatic heterocycles. The van der Waals surface area contributed by atoms with Gasteiger partial charge < -0.3 is 4.74 Å². The van der Waals surface area contributed by atoms with Gasteiger partial charge in [0.05, 0.1) is 11.7 Å². The van der Waals surface area contributed by atoms with E-state index in [1.54, 1.807) is 11.1 Å². The molecule has 1 nitrogen and oxygen atoms in total. The molecule has 0 fully saturated rings. The van der Waals surface area contributed by atoms with Crippen molar-refractivity contribution >= 4 is 0 Å². The number of allylic oxidation sites excluding steroid dienone is 1. The Morgan fingerprint density at radius 1 is 0.529 bits per heavy atom. The molecule has 0 radical (unpaired) electrons. The van der Waals surface area contributed by atoms with Crippen molar-refractivity contribution in [1.82, 2.24) is 0 Å². The van der Waals surface area contributed by atoms with Crippen LogP contribution >= 0.6 is 0 Å². The average Bonchev–Trinajstić information content (AvgIpc) is 2.63. The molecule has 202 valence electrons. The van der Waals surface area contributed by atoms with Crippen LogP contribution in [0.3, 0.4) is 0 Å². The highest BCUT2D eigenvalue weighted by atomic mass is 16.5. The zero-order valence-electron chi connectivity index (χ0n) is 26.7.